The predicted octanol–water partition coefficient (Wildman–Crippen LogP) is 4.51. The maximum absolute atomic E-state index is 12.8. The number of anilines is 1. The van der Waals surface area contributed by atoms with Crippen LogP contribution >= 0.6 is 0 Å². The lowest BCUT2D eigenvalue weighted by atomic mass is 9.92. The van der Waals surface area contributed by atoms with Crippen molar-refractivity contribution in [1.82, 2.24) is 4.98 Å². The van der Waals surface area contributed by atoms with Crippen molar-refractivity contribution in [2.24, 2.45) is 5.92 Å². The molecule has 0 bridgehead atoms. The third-order valence-electron chi connectivity index (χ3n) is 4.24. The number of hydrogen-bond acceptors (Lipinski definition) is 2. The first-order chi connectivity index (χ1) is 12.3. The Morgan fingerprint density at radius 2 is 1.56 bits per heavy atom. The number of hydrogen-bond donors (Lipinski definition) is 1. The molecule has 0 saturated carbocycles. The van der Waals surface area contributed by atoms with Gasteiger partial charge in [0.1, 0.15) is 0 Å². The van der Waals surface area contributed by atoms with Crippen LogP contribution in [-0.4, -0.2) is 10.9 Å². The highest BCUT2D eigenvalue weighted by atomic mass is 16.1. The first-order valence-electron chi connectivity index (χ1n) is 8.60. The molecule has 0 aliphatic rings. The molecule has 0 fully saturated rings. The van der Waals surface area contributed by atoms with Gasteiger partial charge in [-0.1, -0.05) is 54.6 Å². The summed E-state index contributed by atoms with van der Waals surface area (Å²) in [5.41, 5.74) is 3.18. The second-order valence-electron chi connectivity index (χ2n) is 6.14. The van der Waals surface area contributed by atoms with Crippen LogP contribution in [0.2, 0.25) is 0 Å². The van der Waals surface area contributed by atoms with Crippen LogP contribution in [0.25, 0.3) is 0 Å². The molecular formula is C22H22N2O. The number of benzene rings is 2. The Hall–Kier alpha value is -2.94. The van der Waals surface area contributed by atoms with Crippen molar-refractivity contribution in [3.8, 4) is 0 Å². The molecule has 3 nitrogen and oxygen atoms in total. The minimum atomic E-state index is -0.0807. The quantitative estimate of drug-likeness (QED) is 0.692. The van der Waals surface area contributed by atoms with E-state index in [4.69, 9.17) is 0 Å². The summed E-state index contributed by atoms with van der Waals surface area (Å²) in [5, 5.41) is 3.04. The Labute approximate surface area is 148 Å². The lowest BCUT2D eigenvalue weighted by Gasteiger charge is -2.17. The van der Waals surface area contributed by atoms with Gasteiger partial charge in [-0.3, -0.25) is 9.78 Å². The van der Waals surface area contributed by atoms with E-state index in [0.29, 0.717) is 0 Å². The van der Waals surface area contributed by atoms with Gasteiger partial charge in [0.2, 0.25) is 5.91 Å². The molecule has 0 radical (unpaired) electrons. The Bertz CT molecular complexity index is 773. The summed E-state index contributed by atoms with van der Waals surface area (Å²) < 4.78 is 0. The Morgan fingerprint density at radius 3 is 2.24 bits per heavy atom. The first-order valence-corrected chi connectivity index (χ1v) is 8.60. The van der Waals surface area contributed by atoms with Crippen molar-refractivity contribution in [1.29, 1.82) is 0 Å². The van der Waals surface area contributed by atoms with Crippen molar-refractivity contribution < 1.29 is 4.79 Å². The molecule has 0 aliphatic carbocycles. The lowest BCUT2D eigenvalue weighted by Crippen LogP contribution is -2.25. The molecule has 0 spiro atoms. The molecule has 2 aromatic carbocycles. The van der Waals surface area contributed by atoms with Crippen molar-refractivity contribution in [2.75, 3.05) is 5.32 Å². The third-order valence-corrected chi connectivity index (χ3v) is 4.24. The summed E-state index contributed by atoms with van der Waals surface area (Å²) in [6.45, 7) is 0. The zero-order chi connectivity index (χ0) is 17.3. The molecule has 0 saturated heterocycles. The maximum Gasteiger partial charge on any atom is 0.227 e. The van der Waals surface area contributed by atoms with Crippen molar-refractivity contribution >= 4 is 11.6 Å². The largest absolute Gasteiger partial charge is 0.326 e. The molecule has 25 heavy (non-hydrogen) atoms. The van der Waals surface area contributed by atoms with Crippen LogP contribution in [0.1, 0.15) is 17.5 Å². The van der Waals surface area contributed by atoms with E-state index >= 15 is 0 Å². The summed E-state index contributed by atoms with van der Waals surface area (Å²) >= 11 is 0. The lowest BCUT2D eigenvalue weighted by molar-refractivity contribution is -0.120. The molecule has 1 aromatic heterocycles. The monoisotopic (exact) mass is 330 g/mol. The van der Waals surface area contributed by atoms with E-state index in [0.717, 1.165) is 30.5 Å². The van der Waals surface area contributed by atoms with E-state index in [1.54, 1.807) is 6.20 Å². The number of nitrogens with one attached hydrogen (secondary N) is 1. The average Bonchev–Trinajstić information content (AvgIpc) is 2.67. The Balaban J connectivity index is 1.70. The van der Waals surface area contributed by atoms with E-state index < -0.39 is 0 Å². The number of carbonyl (C=O) groups excluding carboxylic acids is 1. The zero-order valence-corrected chi connectivity index (χ0v) is 14.1. The van der Waals surface area contributed by atoms with Crippen molar-refractivity contribution in [3.05, 3.63) is 96.3 Å². The van der Waals surface area contributed by atoms with Crippen molar-refractivity contribution in [2.45, 2.75) is 19.3 Å². The van der Waals surface area contributed by atoms with Gasteiger partial charge >= 0.3 is 0 Å². The smallest absolute Gasteiger partial charge is 0.227 e. The highest BCUT2D eigenvalue weighted by Crippen LogP contribution is 2.18. The first kappa shape index (κ1) is 16.9. The minimum absolute atomic E-state index is 0.0685. The van der Waals surface area contributed by atoms with Gasteiger partial charge in [-0.2, -0.15) is 0 Å². The molecule has 1 unspecified atom stereocenters. The van der Waals surface area contributed by atoms with Crippen molar-refractivity contribution in [3.63, 3.8) is 0 Å². The minimum Gasteiger partial charge on any atom is -0.326 e. The number of rotatable bonds is 7. The Kier molecular flexibility index (Phi) is 5.94. The third kappa shape index (κ3) is 5.28. The van der Waals surface area contributed by atoms with Gasteiger partial charge in [0.25, 0.3) is 0 Å². The predicted molar refractivity (Wildman–Crippen MR) is 101 cm³/mol. The number of pyridine rings is 1. The SMILES string of the molecule is O=C(Nc1ccccc1)C(CCc1cccnc1)Cc1ccccc1. The molecular weight excluding hydrogens is 308 g/mol. The fraction of sp³-hybridized carbons (Fsp3) is 0.182. The molecule has 1 N–H and O–H groups in total. The van der Waals surface area contributed by atoms with Gasteiger partial charge in [-0.05, 0) is 48.6 Å². The number of carbonyl (C=O) groups is 1. The maximum atomic E-state index is 12.8. The molecule has 126 valence electrons. The van der Waals surface area contributed by atoms with Gasteiger partial charge in [0.15, 0.2) is 0 Å². The molecule has 1 atom stereocenters. The van der Waals surface area contributed by atoms with E-state index in [9.17, 15) is 4.79 Å². The summed E-state index contributed by atoms with van der Waals surface area (Å²) in [6, 6.07) is 23.8. The number of aromatic nitrogens is 1. The number of nitrogens with zero attached hydrogens (tertiary/aromatic N) is 1. The van der Waals surface area contributed by atoms with Crippen LogP contribution in [0.5, 0.6) is 0 Å². The summed E-state index contributed by atoms with van der Waals surface area (Å²) in [4.78, 5) is 17.0. The molecule has 1 heterocycles. The van der Waals surface area contributed by atoms with Crippen LogP contribution in [0.15, 0.2) is 85.2 Å². The Morgan fingerprint density at radius 1 is 0.880 bits per heavy atom. The summed E-state index contributed by atoms with van der Waals surface area (Å²) in [6.07, 6.45) is 6.01. The fourth-order valence-electron chi connectivity index (χ4n) is 2.88. The molecule has 1 amide bonds. The van der Waals surface area contributed by atoms with Gasteiger partial charge in [-0.15, -0.1) is 0 Å². The molecule has 0 aliphatic heterocycles. The van der Waals surface area contributed by atoms with E-state index in [1.807, 2.05) is 60.8 Å². The van der Waals surface area contributed by atoms with Crippen LogP contribution < -0.4 is 5.32 Å². The van der Waals surface area contributed by atoms with E-state index in [-0.39, 0.29) is 11.8 Å². The molecule has 3 heteroatoms. The summed E-state index contributed by atoms with van der Waals surface area (Å²) in [5.74, 6) is -0.0123. The number of para-hydroxylation sites is 1. The average molecular weight is 330 g/mol. The fourth-order valence-corrected chi connectivity index (χ4v) is 2.88. The standard InChI is InChI=1S/C22H22N2O/c25-22(24-21-11-5-2-6-12-21)20(16-18-8-3-1-4-9-18)14-13-19-10-7-15-23-17-19/h1-12,15,17,20H,13-14,16H2,(H,24,25). The molecule has 3 rings (SSSR count). The highest BCUT2D eigenvalue weighted by molar-refractivity contribution is 5.92. The van der Waals surface area contributed by atoms with Crippen LogP contribution in [0, 0.1) is 5.92 Å². The number of aryl methyl sites for hydroxylation is 1. The zero-order valence-electron chi connectivity index (χ0n) is 14.1. The van der Waals surface area contributed by atoms with E-state index in [2.05, 4.69) is 28.5 Å². The van der Waals surface area contributed by atoms with Crippen LogP contribution in [-0.2, 0) is 17.6 Å². The van der Waals surface area contributed by atoms with Crippen LogP contribution in [0.3, 0.4) is 0 Å². The van der Waals surface area contributed by atoms with Gasteiger partial charge < -0.3 is 5.32 Å². The second-order valence-corrected chi connectivity index (χ2v) is 6.14. The van der Waals surface area contributed by atoms with E-state index in [1.165, 1.54) is 5.56 Å². The topological polar surface area (TPSA) is 42.0 Å². The van der Waals surface area contributed by atoms with Gasteiger partial charge in [0.05, 0.1) is 0 Å². The second kappa shape index (κ2) is 8.78. The highest BCUT2D eigenvalue weighted by Gasteiger charge is 2.19. The van der Waals surface area contributed by atoms with Gasteiger partial charge in [0, 0.05) is 24.0 Å². The molecule has 3 aromatic rings. The van der Waals surface area contributed by atoms with Crippen LogP contribution in [0.4, 0.5) is 5.69 Å². The summed E-state index contributed by atoms with van der Waals surface area (Å²) in [7, 11) is 0. The normalized spacial score (nSPS) is 11.7. The number of amides is 1. The van der Waals surface area contributed by atoms with Gasteiger partial charge in [-0.25, -0.2) is 0 Å².